The van der Waals surface area contributed by atoms with E-state index in [1.807, 2.05) is 0 Å². The highest BCUT2D eigenvalue weighted by atomic mass is 16.6. The summed E-state index contributed by atoms with van der Waals surface area (Å²) in [5.74, 6) is 1.08. The Morgan fingerprint density at radius 1 is 0.517 bits per heavy atom. The van der Waals surface area contributed by atoms with Gasteiger partial charge >= 0.3 is 0 Å². The van der Waals surface area contributed by atoms with Gasteiger partial charge in [0.1, 0.15) is 12.2 Å². The molecular weight excluding hydrogens is 788 g/mol. The van der Waals surface area contributed by atoms with Crippen LogP contribution in [0.15, 0.2) is 54.6 Å². The molecule has 60 heavy (non-hydrogen) atoms. The molecule has 2 fully saturated rings. The minimum absolute atomic E-state index is 0.0636. The van der Waals surface area contributed by atoms with Gasteiger partial charge in [0, 0.05) is 11.8 Å². The second-order valence-corrected chi connectivity index (χ2v) is 14.1. The average Bonchev–Trinajstić information content (AvgIpc) is 3.89. The van der Waals surface area contributed by atoms with Gasteiger partial charge in [-0.2, -0.15) is 0 Å². The van der Waals surface area contributed by atoms with Gasteiger partial charge in [-0.3, -0.25) is 0 Å². The summed E-state index contributed by atoms with van der Waals surface area (Å²) in [6.07, 6.45) is -5.98. The maximum absolute atomic E-state index is 11.3. The van der Waals surface area contributed by atoms with Gasteiger partial charge in [-0.15, -0.1) is 0 Å². The lowest BCUT2D eigenvalue weighted by Gasteiger charge is -2.26. The second kappa shape index (κ2) is 19.2. The lowest BCUT2D eigenvalue weighted by molar-refractivity contribution is -0.00211. The Labute approximate surface area is 347 Å². The smallest absolute Gasteiger partial charge is 0.204 e. The molecule has 4 aromatic carbocycles. The third-order valence-electron chi connectivity index (χ3n) is 10.9. The minimum atomic E-state index is -1.39. The van der Waals surface area contributed by atoms with Crippen LogP contribution in [0.1, 0.15) is 46.7 Å². The van der Waals surface area contributed by atoms with Crippen LogP contribution in [0.25, 0.3) is 0 Å². The van der Waals surface area contributed by atoms with E-state index < -0.39 is 49.8 Å². The van der Waals surface area contributed by atoms with Crippen molar-refractivity contribution < 1.29 is 82.7 Å². The molecule has 0 amide bonds. The molecule has 2 aliphatic rings. The monoisotopic (exact) mass is 840 g/mol. The van der Waals surface area contributed by atoms with E-state index >= 15 is 0 Å². The normalized spacial score (nSPS) is 20.3. The Balaban J connectivity index is 1.22. The zero-order valence-electron chi connectivity index (χ0n) is 34.3. The third kappa shape index (κ3) is 8.54. The first-order valence-corrected chi connectivity index (χ1v) is 19.0. The summed E-state index contributed by atoms with van der Waals surface area (Å²) in [5, 5.41) is 63.7. The number of rotatable bonds is 19. The topological polar surface area (TPSA) is 223 Å². The van der Waals surface area contributed by atoms with Crippen LogP contribution in [-0.4, -0.2) is 119 Å². The van der Waals surface area contributed by atoms with Gasteiger partial charge in [-0.25, -0.2) is 0 Å². The molecule has 8 atom stereocenters. The number of hydrogen-bond acceptors (Lipinski definition) is 17. The van der Waals surface area contributed by atoms with Crippen molar-refractivity contribution in [1.29, 1.82) is 0 Å². The molecular formula is C43H52O17. The summed E-state index contributed by atoms with van der Waals surface area (Å²) in [6.45, 7) is -0.486. The molecule has 4 aromatic rings. The second-order valence-electron chi connectivity index (χ2n) is 14.1. The summed E-state index contributed by atoms with van der Waals surface area (Å²) in [7, 11) is 9.98. The Kier molecular flexibility index (Phi) is 14.1. The highest BCUT2D eigenvalue weighted by Crippen LogP contribution is 2.54. The van der Waals surface area contributed by atoms with E-state index in [4.69, 9.17) is 52.1 Å². The first-order valence-electron chi connectivity index (χ1n) is 19.0. The largest absolute Gasteiger partial charge is 0.504 e. The molecule has 8 unspecified atom stereocenters. The van der Waals surface area contributed by atoms with E-state index in [2.05, 4.69) is 0 Å². The molecule has 0 aliphatic carbocycles. The van der Waals surface area contributed by atoms with Gasteiger partial charge in [0.15, 0.2) is 58.2 Å². The van der Waals surface area contributed by atoms with E-state index in [1.54, 1.807) is 30.3 Å². The molecule has 0 spiro atoms. The number of phenolic OH excluding ortho intramolecular Hbond substituents is 2. The maximum Gasteiger partial charge on any atom is 0.204 e. The fourth-order valence-corrected chi connectivity index (χ4v) is 7.71. The van der Waals surface area contributed by atoms with Crippen molar-refractivity contribution in [2.45, 2.75) is 36.6 Å². The number of methoxy groups -OCH3 is 7. The summed E-state index contributed by atoms with van der Waals surface area (Å²) >= 11 is 0. The lowest BCUT2D eigenvalue weighted by atomic mass is 9.84. The average molecular weight is 841 g/mol. The molecule has 0 saturated carbocycles. The number of phenols is 2. The zero-order chi connectivity index (χ0) is 43.2. The first-order chi connectivity index (χ1) is 29.0. The number of fused-ring (bicyclic) bond motifs is 1. The van der Waals surface area contributed by atoms with Gasteiger partial charge in [0.2, 0.25) is 17.2 Å². The van der Waals surface area contributed by atoms with Crippen LogP contribution in [0, 0.1) is 11.8 Å². The molecule has 2 aliphatic heterocycles. The number of hydrogen-bond donors (Lipinski definition) is 6. The molecule has 0 aromatic heterocycles. The molecule has 2 saturated heterocycles. The van der Waals surface area contributed by atoms with Crippen LogP contribution in [0.5, 0.6) is 63.2 Å². The van der Waals surface area contributed by atoms with Gasteiger partial charge in [-0.05, 0) is 70.8 Å². The molecule has 0 bridgehead atoms. The van der Waals surface area contributed by atoms with E-state index in [0.29, 0.717) is 18.8 Å². The van der Waals surface area contributed by atoms with Crippen LogP contribution in [-0.2, 0) is 9.47 Å². The van der Waals surface area contributed by atoms with Crippen molar-refractivity contribution in [3.05, 3.63) is 76.9 Å². The lowest BCUT2D eigenvalue weighted by Crippen LogP contribution is -2.29. The molecule has 326 valence electrons. The molecule has 6 rings (SSSR count). The fraction of sp³-hybridized carbons (Fsp3) is 0.442. The Morgan fingerprint density at radius 2 is 0.900 bits per heavy atom. The minimum Gasteiger partial charge on any atom is -0.504 e. The summed E-state index contributed by atoms with van der Waals surface area (Å²) in [4.78, 5) is 0. The molecule has 17 heteroatoms. The van der Waals surface area contributed by atoms with Crippen LogP contribution in [0.2, 0.25) is 0 Å². The van der Waals surface area contributed by atoms with Crippen LogP contribution >= 0.6 is 0 Å². The summed E-state index contributed by atoms with van der Waals surface area (Å²) in [6, 6.07) is 14.2. The highest BCUT2D eigenvalue weighted by Gasteiger charge is 2.49. The van der Waals surface area contributed by atoms with Crippen molar-refractivity contribution in [2.24, 2.45) is 11.8 Å². The number of aliphatic hydroxyl groups is 4. The van der Waals surface area contributed by atoms with Gasteiger partial charge < -0.3 is 82.7 Å². The Morgan fingerprint density at radius 3 is 1.25 bits per heavy atom. The fourth-order valence-electron chi connectivity index (χ4n) is 7.71. The summed E-state index contributed by atoms with van der Waals surface area (Å²) in [5.41, 5.74) is 2.00. The number of ether oxygens (including phenoxy) is 11. The van der Waals surface area contributed by atoms with Gasteiger partial charge in [0.05, 0.1) is 88.4 Å². The molecule has 6 N–H and O–H groups in total. The van der Waals surface area contributed by atoms with E-state index in [-0.39, 0.29) is 80.6 Å². The third-order valence-corrected chi connectivity index (χ3v) is 10.9. The van der Waals surface area contributed by atoms with Crippen LogP contribution in [0.4, 0.5) is 0 Å². The van der Waals surface area contributed by atoms with Crippen LogP contribution in [0.3, 0.4) is 0 Å². The Bertz CT molecular complexity index is 2020. The molecule has 17 nitrogen and oxygen atoms in total. The predicted octanol–water partition coefficient (Wildman–Crippen LogP) is 4.18. The van der Waals surface area contributed by atoms with Crippen molar-refractivity contribution >= 4 is 0 Å². The highest BCUT2D eigenvalue weighted by molar-refractivity contribution is 5.57. The van der Waals surface area contributed by atoms with E-state index in [9.17, 15) is 30.6 Å². The van der Waals surface area contributed by atoms with E-state index in [0.717, 1.165) is 11.1 Å². The number of benzene rings is 4. The van der Waals surface area contributed by atoms with Crippen molar-refractivity contribution in [3.8, 4) is 63.2 Å². The number of aliphatic hydroxyl groups excluding tert-OH is 4. The summed E-state index contributed by atoms with van der Waals surface area (Å²) < 4.78 is 63.7. The molecule has 0 radical (unpaired) electrons. The predicted molar refractivity (Wildman–Crippen MR) is 212 cm³/mol. The van der Waals surface area contributed by atoms with Gasteiger partial charge in [0.25, 0.3) is 0 Å². The van der Waals surface area contributed by atoms with Crippen molar-refractivity contribution in [3.63, 3.8) is 0 Å². The Hall–Kier alpha value is -5.56. The SMILES string of the molecule is COc1ccc(C(O)C(CO)Oc2c(OC)cc(C3OCC4C(c5cc(OC)c(OC(CO)C(O)c6cc(OC)c(O)c(OC)c6)c(OC)c5)OCC34)cc2OC)cc1O. The van der Waals surface area contributed by atoms with Crippen molar-refractivity contribution in [1.82, 2.24) is 0 Å². The van der Waals surface area contributed by atoms with Gasteiger partial charge in [-0.1, -0.05) is 6.07 Å². The zero-order valence-corrected chi connectivity index (χ0v) is 34.3. The quantitative estimate of drug-likeness (QED) is 0.0779. The first kappa shape index (κ1) is 44.0. The molecule has 2 heterocycles. The van der Waals surface area contributed by atoms with Crippen LogP contribution < -0.4 is 42.6 Å². The van der Waals surface area contributed by atoms with Crippen molar-refractivity contribution in [2.75, 3.05) is 76.2 Å². The standard InChI is InChI=1S/C43H52O17/c1-50-28-9-8-21(10-27(28)46)37(47)35(17-44)59-42-31(53-4)13-23(14-32(42)54-5)40-25-19-58-41(26(25)20-57-40)24-15-33(55-6)43(34(16-24)56-7)60-36(18-45)38(48)22-11-29(51-2)39(49)30(12-22)52-3/h8-16,25-26,35-38,40-41,44-49H,17-20H2,1-7H3. The number of aromatic hydroxyl groups is 2. The van der Waals surface area contributed by atoms with E-state index in [1.165, 1.54) is 74.0 Å². The maximum atomic E-state index is 11.3.